The van der Waals surface area contributed by atoms with Crippen molar-refractivity contribution >= 4 is 23.1 Å². The monoisotopic (exact) mass is 553 g/mol. The van der Waals surface area contributed by atoms with E-state index in [1.165, 1.54) is 0 Å². The molecule has 0 spiro atoms. The number of carbonyl (C=O) groups excluding carboxylic acids is 1. The lowest BCUT2D eigenvalue weighted by atomic mass is 9.81. The number of hydrogen-bond donors (Lipinski definition) is 2. The van der Waals surface area contributed by atoms with Crippen molar-refractivity contribution < 1.29 is 22.9 Å². The Kier molecular flexibility index (Phi) is 9.47. The average Bonchev–Trinajstić information content (AvgIpc) is 3.21. The van der Waals surface area contributed by atoms with Gasteiger partial charge in [0.2, 0.25) is 5.92 Å². The number of hydrogen-bond acceptors (Lipinski definition) is 6. The molecule has 2 aromatic rings. The summed E-state index contributed by atoms with van der Waals surface area (Å²) in [5, 5.41) is 7.40. The van der Waals surface area contributed by atoms with Crippen LogP contribution in [0.3, 0.4) is 0 Å². The molecule has 0 aromatic carbocycles. The zero-order valence-electron chi connectivity index (χ0n) is 23.2. The number of halogens is 2. The SMILES string of the molecule is C=CCC[C@@H](N[S+]([O-])C(C)(C)C)c1cnn2cc([C@@H](NC(=O)OC(C)(C)C)C3CCC(F)(F)CC3)nc2c1. The number of alkyl halides is 2. The number of carbonyl (C=O) groups is 1. The molecular weight excluding hydrogens is 512 g/mol. The molecule has 3 rings (SSSR count). The highest BCUT2D eigenvalue weighted by molar-refractivity contribution is 7.90. The van der Waals surface area contributed by atoms with Crippen molar-refractivity contribution in [3.63, 3.8) is 0 Å². The number of fused-ring (bicyclic) bond motifs is 1. The minimum absolute atomic E-state index is 0.220. The third kappa shape index (κ3) is 8.38. The molecule has 0 saturated heterocycles. The van der Waals surface area contributed by atoms with Crippen LogP contribution in [-0.4, -0.2) is 41.5 Å². The van der Waals surface area contributed by atoms with E-state index in [1.807, 2.05) is 32.9 Å². The van der Waals surface area contributed by atoms with E-state index in [0.29, 0.717) is 17.8 Å². The van der Waals surface area contributed by atoms with Crippen molar-refractivity contribution in [3.8, 4) is 0 Å². The molecule has 0 aliphatic heterocycles. The van der Waals surface area contributed by atoms with Gasteiger partial charge in [0.25, 0.3) is 0 Å². The highest BCUT2D eigenvalue weighted by Gasteiger charge is 2.40. The van der Waals surface area contributed by atoms with E-state index < -0.39 is 39.8 Å². The molecule has 212 valence electrons. The number of ether oxygens (including phenoxy) is 1. The molecule has 1 aliphatic carbocycles. The van der Waals surface area contributed by atoms with Gasteiger partial charge in [-0.25, -0.2) is 23.1 Å². The van der Waals surface area contributed by atoms with Crippen molar-refractivity contribution in [2.24, 2.45) is 5.92 Å². The lowest BCUT2D eigenvalue weighted by Crippen LogP contribution is -2.41. The highest BCUT2D eigenvalue weighted by Crippen LogP contribution is 2.41. The second-order valence-corrected chi connectivity index (χ2v) is 14.0. The summed E-state index contributed by atoms with van der Waals surface area (Å²) < 4.78 is 50.4. The zero-order chi connectivity index (χ0) is 28.3. The lowest BCUT2D eigenvalue weighted by molar-refractivity contribution is -0.0500. The molecule has 1 amide bonds. The number of nitrogens with zero attached hydrogens (tertiary/aromatic N) is 3. The quantitative estimate of drug-likeness (QED) is 0.284. The van der Waals surface area contributed by atoms with Gasteiger partial charge < -0.3 is 14.6 Å². The molecule has 0 bridgehead atoms. The summed E-state index contributed by atoms with van der Waals surface area (Å²) >= 11 is -1.29. The van der Waals surface area contributed by atoms with Crippen molar-refractivity contribution in [1.82, 2.24) is 24.6 Å². The van der Waals surface area contributed by atoms with Gasteiger partial charge in [0.1, 0.15) is 10.3 Å². The van der Waals surface area contributed by atoms with Gasteiger partial charge in [0.15, 0.2) is 5.65 Å². The smallest absolute Gasteiger partial charge is 0.408 e. The van der Waals surface area contributed by atoms with Gasteiger partial charge in [-0.3, -0.25) is 0 Å². The Hall–Kier alpha value is -2.24. The molecular formula is C27H41F2N5O3S. The number of rotatable bonds is 9. The first-order valence-corrected chi connectivity index (χ1v) is 14.2. The van der Waals surface area contributed by atoms with Crippen LogP contribution in [0.5, 0.6) is 0 Å². The second-order valence-electron chi connectivity index (χ2n) is 12.0. The van der Waals surface area contributed by atoms with E-state index in [2.05, 4.69) is 21.7 Å². The molecule has 3 atom stereocenters. The first-order chi connectivity index (χ1) is 17.6. The molecule has 1 aliphatic rings. The predicted octanol–water partition coefficient (Wildman–Crippen LogP) is 6.18. The van der Waals surface area contributed by atoms with Crippen molar-refractivity contribution in [2.45, 2.75) is 108 Å². The highest BCUT2D eigenvalue weighted by atomic mass is 32.2. The van der Waals surface area contributed by atoms with Gasteiger partial charge in [-0.2, -0.15) is 5.10 Å². The fraction of sp³-hybridized carbons (Fsp3) is 0.667. The maximum atomic E-state index is 13.9. The molecule has 2 aromatic heterocycles. The fourth-order valence-corrected chi connectivity index (χ4v) is 5.26. The molecule has 38 heavy (non-hydrogen) atoms. The van der Waals surface area contributed by atoms with Gasteiger partial charge >= 0.3 is 6.09 Å². The van der Waals surface area contributed by atoms with Gasteiger partial charge in [0, 0.05) is 24.2 Å². The van der Waals surface area contributed by atoms with Crippen LogP contribution in [0.4, 0.5) is 13.6 Å². The molecule has 2 N–H and O–H groups in total. The van der Waals surface area contributed by atoms with Crippen LogP contribution in [0, 0.1) is 5.92 Å². The topological polar surface area (TPSA) is 104 Å². The summed E-state index contributed by atoms with van der Waals surface area (Å²) in [6.45, 7) is 14.8. The summed E-state index contributed by atoms with van der Waals surface area (Å²) in [6.07, 6.45) is 6.05. The number of alkyl carbamates (subject to hydrolysis) is 1. The van der Waals surface area contributed by atoms with Gasteiger partial charge in [-0.1, -0.05) is 6.08 Å². The van der Waals surface area contributed by atoms with Crippen LogP contribution in [0.25, 0.3) is 5.65 Å². The normalized spacial score (nSPS) is 19.1. The summed E-state index contributed by atoms with van der Waals surface area (Å²) in [4.78, 5) is 17.4. The van der Waals surface area contributed by atoms with E-state index in [-0.39, 0.29) is 37.6 Å². The molecule has 0 radical (unpaired) electrons. The Bertz CT molecular complexity index is 1100. The van der Waals surface area contributed by atoms with Crippen LogP contribution in [0.1, 0.15) is 103 Å². The first-order valence-electron chi connectivity index (χ1n) is 13.1. The van der Waals surface area contributed by atoms with Crippen LogP contribution < -0.4 is 10.0 Å². The van der Waals surface area contributed by atoms with Crippen LogP contribution in [0.15, 0.2) is 31.1 Å². The maximum absolute atomic E-state index is 13.9. The minimum atomic E-state index is -2.69. The lowest BCUT2D eigenvalue weighted by Gasteiger charge is -2.33. The van der Waals surface area contributed by atoms with Crippen molar-refractivity contribution in [2.75, 3.05) is 0 Å². The number of amides is 1. The third-order valence-corrected chi connectivity index (χ3v) is 8.06. The molecule has 1 fully saturated rings. The van der Waals surface area contributed by atoms with Crippen LogP contribution in [-0.2, 0) is 16.1 Å². The standard InChI is InChI=1S/C27H41F2N5O3S/c1-8-9-10-20(33-38(36)26(5,6)7)19-15-22-31-21(17-34(22)30-16-19)23(32-24(35)37-25(2,3)4)18-11-13-27(28,29)14-12-18/h8,15-18,20,23,33H,1,9-14H2,2-7H3,(H,32,35)/t20-,23+,38?/m1/s1. The maximum Gasteiger partial charge on any atom is 0.408 e. The molecule has 2 heterocycles. The molecule has 8 nitrogen and oxygen atoms in total. The minimum Gasteiger partial charge on any atom is -0.598 e. The van der Waals surface area contributed by atoms with Crippen molar-refractivity contribution in [1.29, 1.82) is 0 Å². The van der Waals surface area contributed by atoms with E-state index in [1.54, 1.807) is 37.7 Å². The largest absolute Gasteiger partial charge is 0.598 e. The van der Waals surface area contributed by atoms with E-state index in [0.717, 1.165) is 12.0 Å². The van der Waals surface area contributed by atoms with Gasteiger partial charge in [-0.15, -0.1) is 11.3 Å². The summed E-state index contributed by atoms with van der Waals surface area (Å²) in [6, 6.07) is 1.03. The van der Waals surface area contributed by atoms with Crippen molar-refractivity contribution in [3.05, 3.63) is 42.4 Å². The Morgan fingerprint density at radius 2 is 1.97 bits per heavy atom. The van der Waals surface area contributed by atoms with E-state index >= 15 is 0 Å². The molecule has 11 heteroatoms. The number of allylic oxidation sites excluding steroid dienone is 1. The Balaban J connectivity index is 1.91. The Morgan fingerprint density at radius 1 is 1.32 bits per heavy atom. The zero-order valence-corrected chi connectivity index (χ0v) is 24.0. The molecule has 1 unspecified atom stereocenters. The summed E-state index contributed by atoms with van der Waals surface area (Å²) in [5.41, 5.74) is 1.19. The average molecular weight is 554 g/mol. The van der Waals surface area contributed by atoms with E-state index in [9.17, 15) is 18.1 Å². The fourth-order valence-electron chi connectivity index (χ4n) is 4.40. The van der Waals surface area contributed by atoms with Gasteiger partial charge in [0.05, 0.1) is 30.2 Å². The van der Waals surface area contributed by atoms with Crippen LogP contribution in [0.2, 0.25) is 0 Å². The first kappa shape index (κ1) is 30.3. The molecule has 1 saturated carbocycles. The summed E-state index contributed by atoms with van der Waals surface area (Å²) in [7, 11) is 0. The number of nitrogens with one attached hydrogen (secondary N) is 2. The van der Waals surface area contributed by atoms with Crippen LogP contribution >= 0.6 is 0 Å². The number of imidazole rings is 1. The van der Waals surface area contributed by atoms with Gasteiger partial charge in [-0.05, 0) is 84.8 Å². The number of aromatic nitrogens is 3. The Labute approximate surface area is 227 Å². The van der Waals surface area contributed by atoms with E-state index in [4.69, 9.17) is 9.72 Å². The summed E-state index contributed by atoms with van der Waals surface area (Å²) in [5.74, 6) is -2.91. The second kappa shape index (κ2) is 11.9. The predicted molar refractivity (Wildman–Crippen MR) is 145 cm³/mol. The third-order valence-electron chi connectivity index (χ3n) is 6.45. The Morgan fingerprint density at radius 3 is 2.55 bits per heavy atom.